The molecule has 0 spiro atoms. The zero-order valence-electron chi connectivity index (χ0n) is 14.2. The van der Waals surface area contributed by atoms with Gasteiger partial charge in [-0.2, -0.15) is 0 Å². The van der Waals surface area contributed by atoms with Crippen LogP contribution < -0.4 is 11.1 Å². The number of hydrogen-bond donors (Lipinski definition) is 2. The highest BCUT2D eigenvalue weighted by atomic mass is 32.2. The first-order valence-corrected chi connectivity index (χ1v) is 9.75. The lowest BCUT2D eigenvalue weighted by Crippen LogP contribution is -2.54. The Labute approximate surface area is 146 Å². The van der Waals surface area contributed by atoms with E-state index in [0.29, 0.717) is 26.1 Å². The fraction of sp³-hybridized carbons (Fsp3) is 0.500. The highest BCUT2D eigenvalue weighted by Gasteiger charge is 2.36. The molecular weight excluding hydrogens is 348 g/mol. The number of sulfone groups is 1. The van der Waals surface area contributed by atoms with Crippen molar-refractivity contribution in [2.45, 2.75) is 30.2 Å². The van der Waals surface area contributed by atoms with Crippen molar-refractivity contribution in [3.8, 4) is 0 Å². The lowest BCUT2D eigenvalue weighted by atomic mass is 9.90. The molecule has 1 saturated heterocycles. The van der Waals surface area contributed by atoms with E-state index in [9.17, 15) is 18.0 Å². The third kappa shape index (κ3) is 4.77. The zero-order chi connectivity index (χ0) is 18.7. The summed E-state index contributed by atoms with van der Waals surface area (Å²) in [5.41, 5.74) is 5.24. The molecule has 1 aromatic carbocycles. The second kappa shape index (κ2) is 7.51. The predicted molar refractivity (Wildman–Crippen MR) is 91.1 cm³/mol. The Morgan fingerprint density at radius 1 is 1.28 bits per heavy atom. The number of carbonyl (C=O) groups excluding carboxylic acids is 2. The molecule has 138 valence electrons. The number of rotatable bonds is 5. The summed E-state index contributed by atoms with van der Waals surface area (Å²) in [6, 6.07) is 3.88. The van der Waals surface area contributed by atoms with E-state index in [4.69, 9.17) is 15.2 Å². The molecule has 1 aliphatic heterocycles. The van der Waals surface area contributed by atoms with Gasteiger partial charge in [0.25, 0.3) is 0 Å². The molecule has 1 amide bonds. The Balaban J connectivity index is 2.34. The minimum Gasteiger partial charge on any atom is -0.462 e. The molecule has 0 saturated carbocycles. The van der Waals surface area contributed by atoms with Crippen LogP contribution in [0.5, 0.6) is 0 Å². The summed E-state index contributed by atoms with van der Waals surface area (Å²) >= 11 is 0. The van der Waals surface area contributed by atoms with Gasteiger partial charge in [-0.1, -0.05) is 0 Å². The SMILES string of the molecule is CCOC(=O)c1cc(NC(=O)C2(N)CCOCC2)cc(S(C)(=O)=O)c1. The third-order valence-electron chi connectivity index (χ3n) is 3.94. The van der Waals surface area contributed by atoms with Gasteiger partial charge in [0.2, 0.25) is 5.91 Å². The second-order valence-corrected chi connectivity index (χ2v) is 7.98. The van der Waals surface area contributed by atoms with Crippen LogP contribution in [-0.2, 0) is 24.1 Å². The number of nitrogens with one attached hydrogen (secondary N) is 1. The van der Waals surface area contributed by atoms with E-state index in [1.54, 1.807) is 6.92 Å². The van der Waals surface area contributed by atoms with Crippen molar-refractivity contribution in [2.75, 3.05) is 31.4 Å². The number of esters is 1. The molecule has 0 atom stereocenters. The first-order chi connectivity index (χ1) is 11.7. The number of amides is 1. The molecule has 1 aliphatic rings. The lowest BCUT2D eigenvalue weighted by molar-refractivity contribution is -0.124. The molecule has 0 radical (unpaired) electrons. The zero-order valence-corrected chi connectivity index (χ0v) is 15.0. The lowest BCUT2D eigenvalue weighted by Gasteiger charge is -2.31. The molecule has 0 bridgehead atoms. The number of ether oxygens (including phenoxy) is 2. The normalized spacial score (nSPS) is 16.9. The molecule has 3 N–H and O–H groups in total. The summed E-state index contributed by atoms with van der Waals surface area (Å²) in [6.45, 7) is 2.54. The van der Waals surface area contributed by atoms with E-state index in [-0.39, 0.29) is 22.8 Å². The van der Waals surface area contributed by atoms with Crippen LogP contribution in [0.2, 0.25) is 0 Å². The van der Waals surface area contributed by atoms with Gasteiger partial charge in [0, 0.05) is 25.2 Å². The van der Waals surface area contributed by atoms with Gasteiger partial charge in [0.15, 0.2) is 9.84 Å². The standard InChI is InChI=1S/C16H22N2O6S/c1-3-24-14(19)11-8-12(10-13(9-11)25(2,21)22)18-15(20)16(17)4-6-23-7-5-16/h8-10H,3-7,17H2,1-2H3,(H,18,20). The number of hydrogen-bond acceptors (Lipinski definition) is 7. The first kappa shape index (κ1) is 19.4. The number of carbonyl (C=O) groups is 2. The quantitative estimate of drug-likeness (QED) is 0.731. The van der Waals surface area contributed by atoms with Crippen LogP contribution in [0.15, 0.2) is 23.1 Å². The minimum absolute atomic E-state index is 0.0399. The maximum Gasteiger partial charge on any atom is 0.338 e. The first-order valence-electron chi connectivity index (χ1n) is 7.86. The van der Waals surface area contributed by atoms with E-state index in [1.807, 2.05) is 0 Å². The summed E-state index contributed by atoms with van der Waals surface area (Å²) in [5, 5.41) is 2.61. The number of anilines is 1. The van der Waals surface area contributed by atoms with Crippen molar-refractivity contribution < 1.29 is 27.5 Å². The smallest absolute Gasteiger partial charge is 0.338 e. The number of nitrogens with two attached hydrogens (primary N) is 1. The Kier molecular flexibility index (Phi) is 5.81. The predicted octanol–water partition coefficient (Wildman–Crippen LogP) is 0.713. The second-order valence-electron chi connectivity index (χ2n) is 5.96. The van der Waals surface area contributed by atoms with Crippen molar-refractivity contribution in [2.24, 2.45) is 5.73 Å². The Bertz CT molecular complexity index is 769. The summed E-state index contributed by atoms with van der Waals surface area (Å²) in [4.78, 5) is 24.4. The van der Waals surface area contributed by atoms with Crippen molar-refractivity contribution in [3.05, 3.63) is 23.8 Å². The molecule has 2 rings (SSSR count). The average molecular weight is 370 g/mol. The highest BCUT2D eigenvalue weighted by Crippen LogP contribution is 2.23. The van der Waals surface area contributed by atoms with Crippen LogP contribution in [0.4, 0.5) is 5.69 Å². The average Bonchev–Trinajstić information content (AvgIpc) is 2.54. The third-order valence-corrected chi connectivity index (χ3v) is 5.03. The van der Waals surface area contributed by atoms with Gasteiger partial charge in [0.1, 0.15) is 5.54 Å². The fourth-order valence-electron chi connectivity index (χ4n) is 2.44. The molecule has 8 nitrogen and oxygen atoms in total. The molecule has 0 aliphatic carbocycles. The van der Waals surface area contributed by atoms with E-state index in [0.717, 1.165) is 6.26 Å². The molecule has 0 unspecified atom stereocenters. The molecule has 25 heavy (non-hydrogen) atoms. The molecule has 1 fully saturated rings. The molecule has 1 heterocycles. The van der Waals surface area contributed by atoms with Gasteiger partial charge in [-0.05, 0) is 38.0 Å². The van der Waals surface area contributed by atoms with E-state index >= 15 is 0 Å². The summed E-state index contributed by atoms with van der Waals surface area (Å²) < 4.78 is 33.8. The Morgan fingerprint density at radius 2 is 1.92 bits per heavy atom. The molecule has 1 aromatic rings. The van der Waals surface area contributed by atoms with Gasteiger partial charge < -0.3 is 20.5 Å². The maximum atomic E-state index is 12.5. The Morgan fingerprint density at radius 3 is 2.48 bits per heavy atom. The maximum absolute atomic E-state index is 12.5. The molecule has 0 aromatic heterocycles. The van der Waals surface area contributed by atoms with Gasteiger partial charge >= 0.3 is 5.97 Å². The van der Waals surface area contributed by atoms with Crippen LogP contribution in [0.3, 0.4) is 0 Å². The van der Waals surface area contributed by atoms with Crippen molar-refractivity contribution in [1.82, 2.24) is 0 Å². The summed E-state index contributed by atoms with van der Waals surface area (Å²) in [6.07, 6.45) is 1.73. The van der Waals surface area contributed by atoms with Crippen molar-refractivity contribution in [3.63, 3.8) is 0 Å². The van der Waals surface area contributed by atoms with Crippen molar-refractivity contribution in [1.29, 1.82) is 0 Å². The van der Waals surface area contributed by atoms with Crippen LogP contribution in [-0.4, -0.2) is 51.9 Å². The summed E-state index contributed by atoms with van der Waals surface area (Å²) in [5.74, 6) is -1.12. The van der Waals surface area contributed by atoms with Crippen LogP contribution in [0.25, 0.3) is 0 Å². The van der Waals surface area contributed by atoms with E-state index < -0.39 is 27.3 Å². The van der Waals surface area contributed by atoms with Gasteiger partial charge in [-0.25, -0.2) is 13.2 Å². The van der Waals surface area contributed by atoms with Crippen molar-refractivity contribution >= 4 is 27.4 Å². The minimum atomic E-state index is -3.58. The fourth-order valence-corrected chi connectivity index (χ4v) is 3.12. The van der Waals surface area contributed by atoms with E-state index in [2.05, 4.69) is 5.32 Å². The van der Waals surface area contributed by atoms with Crippen LogP contribution in [0, 0.1) is 0 Å². The van der Waals surface area contributed by atoms with Gasteiger partial charge in [-0.3, -0.25) is 4.79 Å². The van der Waals surface area contributed by atoms with Crippen LogP contribution in [0.1, 0.15) is 30.1 Å². The molecular formula is C16H22N2O6S. The monoisotopic (exact) mass is 370 g/mol. The Hall–Kier alpha value is -1.97. The number of benzene rings is 1. The molecule has 9 heteroatoms. The highest BCUT2D eigenvalue weighted by molar-refractivity contribution is 7.90. The van der Waals surface area contributed by atoms with Gasteiger partial charge in [0.05, 0.1) is 17.1 Å². The van der Waals surface area contributed by atoms with Crippen LogP contribution >= 0.6 is 0 Å². The topological polar surface area (TPSA) is 125 Å². The summed E-state index contributed by atoms with van der Waals surface area (Å²) in [7, 11) is -3.58. The van der Waals surface area contributed by atoms with Gasteiger partial charge in [-0.15, -0.1) is 0 Å². The van der Waals surface area contributed by atoms with E-state index in [1.165, 1.54) is 18.2 Å². The largest absolute Gasteiger partial charge is 0.462 e.